The molecule has 0 saturated carbocycles. The molecule has 8 heteroatoms. The summed E-state index contributed by atoms with van der Waals surface area (Å²) in [6.07, 6.45) is 1.22. The van der Waals surface area contributed by atoms with Crippen molar-refractivity contribution in [1.82, 2.24) is 9.97 Å². The number of rotatable bonds is 5. The number of aromatic nitrogens is 2. The van der Waals surface area contributed by atoms with Crippen molar-refractivity contribution < 1.29 is 18.5 Å². The number of nitrogens with zero attached hydrogens (tertiary/aromatic N) is 2. The highest BCUT2D eigenvalue weighted by atomic mass is 32.2. The fourth-order valence-electron chi connectivity index (χ4n) is 1.79. The molecule has 0 bridgehead atoms. The maximum atomic E-state index is 13.2. The van der Waals surface area contributed by atoms with Crippen LogP contribution in [0.3, 0.4) is 0 Å². The van der Waals surface area contributed by atoms with Crippen LogP contribution in [0, 0.1) is 5.82 Å². The van der Waals surface area contributed by atoms with E-state index < -0.39 is 22.8 Å². The maximum absolute atomic E-state index is 13.2. The Kier molecular flexibility index (Phi) is 4.94. The quantitative estimate of drug-likeness (QED) is 0.509. The van der Waals surface area contributed by atoms with Crippen LogP contribution in [0.4, 0.5) is 10.2 Å². The van der Waals surface area contributed by atoms with Gasteiger partial charge in [0.25, 0.3) is 0 Å². The standard InChI is InChI=1S/C14H14FN3O3S/c1-3-22(20)14-17-7-10(13(16)18-14)12(19)9-5-4-8(15)6-11(9)21-2/h4-7H,3H2,1-2H3,(H2,16,17,18). The Morgan fingerprint density at radius 3 is 2.77 bits per heavy atom. The van der Waals surface area contributed by atoms with Gasteiger partial charge >= 0.3 is 5.16 Å². The first-order valence-corrected chi connectivity index (χ1v) is 7.69. The minimum atomic E-state index is -1.36. The number of carbonyl (C=O) groups is 1. The van der Waals surface area contributed by atoms with Crippen LogP contribution < -0.4 is 10.5 Å². The van der Waals surface area contributed by atoms with Gasteiger partial charge in [-0.1, -0.05) is 0 Å². The molecule has 0 saturated heterocycles. The molecule has 1 aromatic heterocycles. The van der Waals surface area contributed by atoms with Gasteiger partial charge in [-0.25, -0.2) is 4.39 Å². The van der Waals surface area contributed by atoms with Crippen molar-refractivity contribution in [3.05, 3.63) is 41.3 Å². The molecule has 1 heterocycles. The highest BCUT2D eigenvalue weighted by molar-refractivity contribution is 7.91. The van der Waals surface area contributed by atoms with E-state index in [1.54, 1.807) is 6.92 Å². The lowest BCUT2D eigenvalue weighted by Crippen LogP contribution is -2.14. The molecule has 2 aromatic rings. The second-order valence-corrected chi connectivity index (χ2v) is 5.89. The van der Waals surface area contributed by atoms with Crippen molar-refractivity contribution in [2.75, 3.05) is 18.6 Å². The summed E-state index contributed by atoms with van der Waals surface area (Å²) in [5.74, 6) is -0.665. The Labute approximate surface area is 129 Å². The molecule has 2 N–H and O–H groups in total. The molecular formula is C14H14FN3O3S. The van der Waals surface area contributed by atoms with Gasteiger partial charge in [-0.3, -0.25) is 4.79 Å². The number of anilines is 1. The molecule has 1 atom stereocenters. The number of hydrogen-bond acceptors (Lipinski definition) is 6. The predicted molar refractivity (Wildman–Crippen MR) is 79.8 cm³/mol. The Balaban J connectivity index is 2.42. The lowest BCUT2D eigenvalue weighted by atomic mass is 10.0. The van der Waals surface area contributed by atoms with Gasteiger partial charge in [0.15, 0.2) is 0 Å². The van der Waals surface area contributed by atoms with E-state index in [1.165, 1.54) is 19.4 Å². The van der Waals surface area contributed by atoms with E-state index in [9.17, 15) is 13.7 Å². The van der Waals surface area contributed by atoms with Crippen LogP contribution in [-0.2, 0) is 11.2 Å². The molecule has 1 aromatic carbocycles. The number of hydrogen-bond donors (Lipinski definition) is 1. The molecule has 0 fully saturated rings. The van der Waals surface area contributed by atoms with Crippen LogP contribution in [0.15, 0.2) is 29.6 Å². The summed E-state index contributed by atoms with van der Waals surface area (Å²) in [6.45, 7) is 1.72. The highest BCUT2D eigenvalue weighted by Crippen LogP contribution is 2.24. The third kappa shape index (κ3) is 3.18. The normalized spacial score (nSPS) is 12.0. The van der Waals surface area contributed by atoms with Crippen molar-refractivity contribution in [3.63, 3.8) is 0 Å². The van der Waals surface area contributed by atoms with Gasteiger partial charge in [0.2, 0.25) is 5.78 Å². The zero-order valence-corrected chi connectivity index (χ0v) is 12.8. The monoisotopic (exact) mass is 323 g/mol. The lowest BCUT2D eigenvalue weighted by molar-refractivity contribution is 0.103. The molecule has 0 amide bonds. The third-order valence-electron chi connectivity index (χ3n) is 2.91. The Morgan fingerprint density at radius 2 is 2.18 bits per heavy atom. The van der Waals surface area contributed by atoms with Crippen LogP contribution in [0.2, 0.25) is 0 Å². The number of nitrogens with two attached hydrogens (primary N) is 1. The molecule has 0 spiro atoms. The van der Waals surface area contributed by atoms with Crippen molar-refractivity contribution in [2.45, 2.75) is 12.1 Å². The minimum absolute atomic E-state index is 0.0433. The molecule has 1 unspecified atom stereocenters. The third-order valence-corrected chi connectivity index (χ3v) is 4.04. The molecule has 22 heavy (non-hydrogen) atoms. The molecule has 6 nitrogen and oxygen atoms in total. The van der Waals surface area contributed by atoms with E-state index in [1.807, 2.05) is 0 Å². The molecule has 116 valence electrons. The molecular weight excluding hydrogens is 309 g/mol. The van der Waals surface area contributed by atoms with Crippen LogP contribution in [0.25, 0.3) is 0 Å². The van der Waals surface area contributed by atoms with E-state index in [-0.39, 0.29) is 27.9 Å². The predicted octanol–water partition coefficient (Wildman–Crippen LogP) is 1.56. The van der Waals surface area contributed by atoms with Gasteiger partial charge in [-0.05, 0) is 19.1 Å². The molecule has 0 aliphatic carbocycles. The number of ketones is 1. The second-order valence-electron chi connectivity index (χ2n) is 4.26. The van der Waals surface area contributed by atoms with Gasteiger partial charge in [0.05, 0.1) is 18.2 Å². The fraction of sp³-hybridized carbons (Fsp3) is 0.214. The van der Waals surface area contributed by atoms with E-state index in [2.05, 4.69) is 9.97 Å². The van der Waals surface area contributed by atoms with E-state index in [0.29, 0.717) is 5.75 Å². The molecule has 0 aliphatic heterocycles. The van der Waals surface area contributed by atoms with Gasteiger partial charge in [0.1, 0.15) is 23.1 Å². The summed E-state index contributed by atoms with van der Waals surface area (Å²) in [6, 6.07) is 3.55. The highest BCUT2D eigenvalue weighted by Gasteiger charge is 2.21. The zero-order valence-electron chi connectivity index (χ0n) is 12.0. The van der Waals surface area contributed by atoms with Crippen molar-refractivity contribution in [3.8, 4) is 5.75 Å². The van der Waals surface area contributed by atoms with Crippen LogP contribution in [-0.4, -0.2) is 33.2 Å². The van der Waals surface area contributed by atoms with Gasteiger partial charge in [0, 0.05) is 23.4 Å². The van der Waals surface area contributed by atoms with Crippen LogP contribution in [0.5, 0.6) is 5.75 Å². The summed E-state index contributed by atoms with van der Waals surface area (Å²) >= 11 is -1.36. The molecule has 0 aliphatic rings. The fourth-order valence-corrected chi connectivity index (χ4v) is 2.42. The van der Waals surface area contributed by atoms with Gasteiger partial charge < -0.3 is 15.0 Å². The maximum Gasteiger partial charge on any atom is 0.344 e. The number of methoxy groups -OCH3 is 1. The topological polar surface area (TPSA) is 101 Å². The Morgan fingerprint density at radius 1 is 1.45 bits per heavy atom. The van der Waals surface area contributed by atoms with Crippen molar-refractivity contribution in [1.29, 1.82) is 0 Å². The summed E-state index contributed by atoms with van der Waals surface area (Å²) in [5, 5.41) is 0.0719. The van der Waals surface area contributed by atoms with Gasteiger partial charge in [-0.15, -0.1) is 0 Å². The first kappa shape index (κ1) is 16.2. The summed E-state index contributed by atoms with van der Waals surface area (Å²) in [4.78, 5) is 20.3. The average molecular weight is 323 g/mol. The molecule has 2 rings (SSSR count). The minimum Gasteiger partial charge on any atom is -0.609 e. The largest absolute Gasteiger partial charge is 0.609 e. The van der Waals surface area contributed by atoms with E-state index in [4.69, 9.17) is 10.5 Å². The van der Waals surface area contributed by atoms with Crippen molar-refractivity contribution in [2.24, 2.45) is 0 Å². The first-order chi connectivity index (χ1) is 10.5. The smallest absolute Gasteiger partial charge is 0.344 e. The summed E-state index contributed by atoms with van der Waals surface area (Å²) < 4.78 is 29.8. The van der Waals surface area contributed by atoms with E-state index >= 15 is 0 Å². The molecule has 0 radical (unpaired) electrons. The average Bonchev–Trinajstić information content (AvgIpc) is 2.53. The van der Waals surface area contributed by atoms with Crippen LogP contribution >= 0.6 is 0 Å². The Bertz CT molecular complexity index is 712. The lowest BCUT2D eigenvalue weighted by Gasteiger charge is -2.10. The summed E-state index contributed by atoms with van der Waals surface area (Å²) in [5.41, 5.74) is 5.94. The number of nitrogen functional groups attached to an aromatic ring is 1. The van der Waals surface area contributed by atoms with Gasteiger partial charge in [-0.2, -0.15) is 9.97 Å². The number of benzene rings is 1. The first-order valence-electron chi connectivity index (χ1n) is 6.37. The second kappa shape index (κ2) is 6.71. The number of halogens is 1. The number of carbonyl (C=O) groups excluding carboxylic acids is 1. The zero-order chi connectivity index (χ0) is 16.3. The van der Waals surface area contributed by atoms with Crippen LogP contribution in [0.1, 0.15) is 22.8 Å². The Hall–Kier alpha value is -2.19. The van der Waals surface area contributed by atoms with E-state index in [0.717, 1.165) is 12.1 Å². The summed E-state index contributed by atoms with van der Waals surface area (Å²) in [7, 11) is 1.33. The number of ether oxygens (including phenoxy) is 1. The SMILES string of the molecule is CC[S+]([O-])c1ncc(C(=O)c2ccc(F)cc2OC)c(N)n1. The van der Waals surface area contributed by atoms with Crippen molar-refractivity contribution >= 4 is 22.8 Å².